The maximum atomic E-state index is 11.5. The topological polar surface area (TPSA) is 101 Å². The van der Waals surface area contributed by atoms with Crippen LogP contribution in [0.5, 0.6) is 0 Å². The lowest BCUT2D eigenvalue weighted by Gasteiger charge is -2.13. The van der Waals surface area contributed by atoms with Gasteiger partial charge in [-0.25, -0.2) is 4.98 Å². The zero-order valence-electron chi connectivity index (χ0n) is 12.7. The quantitative estimate of drug-likeness (QED) is 0.748. The van der Waals surface area contributed by atoms with Crippen molar-refractivity contribution in [1.82, 2.24) is 15.0 Å². The predicted octanol–water partition coefficient (Wildman–Crippen LogP) is 1.80. The van der Waals surface area contributed by atoms with Crippen LogP contribution in [-0.4, -0.2) is 28.0 Å². The monoisotopic (exact) mass is 311 g/mol. The van der Waals surface area contributed by atoms with Gasteiger partial charge in [-0.1, -0.05) is 6.07 Å². The van der Waals surface area contributed by atoms with Crippen LogP contribution in [0.1, 0.15) is 23.6 Å². The van der Waals surface area contributed by atoms with Crippen molar-refractivity contribution < 1.29 is 4.42 Å². The largest absolute Gasteiger partial charge is 0.423 e. The molecule has 0 spiro atoms. The summed E-state index contributed by atoms with van der Waals surface area (Å²) in [5, 5.41) is 0. The molecular weight excluding hydrogens is 294 g/mol. The molecule has 1 atom stereocenters. The van der Waals surface area contributed by atoms with Crippen LogP contribution in [0.3, 0.4) is 0 Å². The fourth-order valence-corrected chi connectivity index (χ4v) is 3.04. The van der Waals surface area contributed by atoms with Crippen molar-refractivity contribution in [2.75, 3.05) is 23.7 Å². The first kappa shape index (κ1) is 13.8. The van der Waals surface area contributed by atoms with Crippen molar-refractivity contribution in [2.45, 2.75) is 19.3 Å². The van der Waals surface area contributed by atoms with Crippen molar-refractivity contribution in [2.24, 2.45) is 0 Å². The molecule has 7 heteroatoms. The van der Waals surface area contributed by atoms with Gasteiger partial charge in [0.25, 0.3) is 11.6 Å². The van der Waals surface area contributed by atoms with Crippen LogP contribution in [0.2, 0.25) is 0 Å². The van der Waals surface area contributed by atoms with Gasteiger partial charge in [0.15, 0.2) is 5.58 Å². The minimum Gasteiger partial charge on any atom is -0.423 e. The lowest BCUT2D eigenvalue weighted by molar-refractivity contribution is 0.583. The third kappa shape index (κ3) is 2.54. The number of hydrogen-bond donors (Lipinski definition) is 2. The molecule has 0 saturated carbocycles. The summed E-state index contributed by atoms with van der Waals surface area (Å²) < 4.78 is 5.84. The molecule has 3 aromatic rings. The number of aryl methyl sites for hydroxylation is 1. The van der Waals surface area contributed by atoms with E-state index in [0.29, 0.717) is 12.6 Å². The highest BCUT2D eigenvalue weighted by molar-refractivity contribution is 5.75. The molecule has 0 bridgehead atoms. The number of nitrogens with one attached hydrogen (secondary N) is 1. The average molecular weight is 311 g/mol. The number of nitrogens with zero attached hydrogens (tertiary/aromatic N) is 3. The maximum absolute atomic E-state index is 11.5. The number of anilines is 2. The number of rotatable bonds is 2. The number of fused-ring (bicyclic) bond motifs is 1. The highest BCUT2D eigenvalue weighted by Gasteiger charge is 2.28. The minimum atomic E-state index is -0.219. The van der Waals surface area contributed by atoms with Crippen molar-refractivity contribution >= 4 is 23.1 Å². The molecule has 7 nitrogen and oxygen atoms in total. The van der Waals surface area contributed by atoms with E-state index in [9.17, 15) is 4.79 Å². The van der Waals surface area contributed by atoms with Gasteiger partial charge in [0.05, 0.1) is 5.69 Å². The number of aromatic amines is 1. The van der Waals surface area contributed by atoms with E-state index in [1.54, 1.807) is 0 Å². The molecule has 3 heterocycles. The first-order valence-electron chi connectivity index (χ1n) is 7.57. The van der Waals surface area contributed by atoms with Crippen LogP contribution < -0.4 is 16.2 Å². The Morgan fingerprint density at radius 3 is 3.04 bits per heavy atom. The van der Waals surface area contributed by atoms with Crippen LogP contribution >= 0.6 is 0 Å². The van der Waals surface area contributed by atoms with Crippen molar-refractivity contribution in [3.8, 4) is 0 Å². The summed E-state index contributed by atoms with van der Waals surface area (Å²) in [5.74, 6) is 0.305. The summed E-state index contributed by atoms with van der Waals surface area (Å²) in [6.45, 7) is 3.55. The van der Waals surface area contributed by atoms with E-state index in [0.717, 1.165) is 35.3 Å². The summed E-state index contributed by atoms with van der Waals surface area (Å²) in [6.07, 6.45) is 0.883. The van der Waals surface area contributed by atoms with Gasteiger partial charge < -0.3 is 15.1 Å². The Hall–Kier alpha value is -2.83. The van der Waals surface area contributed by atoms with Crippen molar-refractivity contribution in [3.05, 3.63) is 45.9 Å². The SMILES string of the molecule is Cc1ccc2oc(N3CC[C@H](c4cc(=O)[nH]c(N)n4)C3)nc2c1. The van der Waals surface area contributed by atoms with Crippen LogP contribution in [0.4, 0.5) is 12.0 Å². The third-order valence-electron chi connectivity index (χ3n) is 4.19. The summed E-state index contributed by atoms with van der Waals surface area (Å²) in [6, 6.07) is 8.08. The number of nitrogen functional groups attached to an aromatic ring is 1. The van der Waals surface area contributed by atoms with Crippen molar-refractivity contribution in [3.63, 3.8) is 0 Å². The molecule has 0 amide bonds. The van der Waals surface area contributed by atoms with E-state index < -0.39 is 0 Å². The second kappa shape index (κ2) is 5.12. The molecule has 4 rings (SSSR count). The van der Waals surface area contributed by atoms with Gasteiger partial charge in [-0.3, -0.25) is 9.78 Å². The molecule has 23 heavy (non-hydrogen) atoms. The van der Waals surface area contributed by atoms with Crippen LogP contribution in [-0.2, 0) is 0 Å². The molecule has 0 aliphatic carbocycles. The van der Waals surface area contributed by atoms with Gasteiger partial charge in [-0.15, -0.1) is 0 Å². The van der Waals surface area contributed by atoms with Gasteiger partial charge >= 0.3 is 0 Å². The summed E-state index contributed by atoms with van der Waals surface area (Å²) in [5.41, 5.74) is 8.93. The minimum absolute atomic E-state index is 0.149. The molecule has 1 aliphatic heterocycles. The van der Waals surface area contributed by atoms with Crippen molar-refractivity contribution in [1.29, 1.82) is 0 Å². The van der Waals surface area contributed by atoms with Crippen LogP contribution in [0, 0.1) is 6.92 Å². The Bertz CT molecular complexity index is 930. The molecule has 1 aliphatic rings. The highest BCUT2D eigenvalue weighted by atomic mass is 16.4. The Balaban J connectivity index is 1.60. The summed E-state index contributed by atoms with van der Waals surface area (Å²) in [4.78, 5) is 24.9. The van der Waals surface area contributed by atoms with Gasteiger partial charge in [-0.05, 0) is 31.0 Å². The van der Waals surface area contributed by atoms with Crippen LogP contribution in [0.15, 0.2) is 33.5 Å². The number of hydrogen-bond acceptors (Lipinski definition) is 6. The van der Waals surface area contributed by atoms with E-state index in [1.165, 1.54) is 6.07 Å². The molecule has 1 fully saturated rings. The summed E-state index contributed by atoms with van der Waals surface area (Å²) >= 11 is 0. The molecule has 2 aromatic heterocycles. The lowest BCUT2D eigenvalue weighted by atomic mass is 10.1. The number of oxazole rings is 1. The Morgan fingerprint density at radius 2 is 2.22 bits per heavy atom. The number of aromatic nitrogens is 3. The number of H-pyrrole nitrogens is 1. The number of benzene rings is 1. The lowest BCUT2D eigenvalue weighted by Crippen LogP contribution is -2.20. The normalized spacial score (nSPS) is 18.0. The highest BCUT2D eigenvalue weighted by Crippen LogP contribution is 2.31. The van der Waals surface area contributed by atoms with E-state index in [2.05, 4.69) is 19.9 Å². The molecule has 3 N–H and O–H groups in total. The van der Waals surface area contributed by atoms with E-state index in [4.69, 9.17) is 10.2 Å². The molecule has 0 radical (unpaired) electrons. The molecule has 0 unspecified atom stereocenters. The maximum Gasteiger partial charge on any atom is 0.298 e. The predicted molar refractivity (Wildman–Crippen MR) is 87.6 cm³/mol. The Kier molecular flexibility index (Phi) is 3.07. The zero-order valence-corrected chi connectivity index (χ0v) is 12.7. The van der Waals surface area contributed by atoms with E-state index >= 15 is 0 Å². The third-order valence-corrected chi connectivity index (χ3v) is 4.19. The molecule has 1 saturated heterocycles. The van der Waals surface area contributed by atoms with E-state index in [-0.39, 0.29) is 17.4 Å². The van der Waals surface area contributed by atoms with Gasteiger partial charge in [0.1, 0.15) is 5.52 Å². The smallest absolute Gasteiger partial charge is 0.298 e. The fraction of sp³-hybridized carbons (Fsp3) is 0.312. The van der Waals surface area contributed by atoms with Gasteiger partial charge in [0, 0.05) is 25.1 Å². The van der Waals surface area contributed by atoms with Gasteiger partial charge in [-0.2, -0.15) is 4.98 Å². The summed E-state index contributed by atoms with van der Waals surface area (Å²) in [7, 11) is 0. The Morgan fingerprint density at radius 1 is 1.35 bits per heavy atom. The second-order valence-corrected chi connectivity index (χ2v) is 5.95. The Labute approximate surface area is 132 Å². The zero-order chi connectivity index (χ0) is 16.0. The first-order chi connectivity index (χ1) is 11.1. The van der Waals surface area contributed by atoms with E-state index in [1.807, 2.05) is 25.1 Å². The second-order valence-electron chi connectivity index (χ2n) is 5.95. The number of nitrogens with two attached hydrogens (primary N) is 1. The standard InChI is InChI=1S/C16H17N5O2/c1-9-2-3-13-12(6-9)19-16(23-13)21-5-4-10(8-21)11-7-14(22)20-15(17)18-11/h2-3,6-7,10H,4-5,8H2,1H3,(H3,17,18,20,22)/t10-/m0/s1. The molecular formula is C16H17N5O2. The van der Waals surface area contributed by atoms with Gasteiger partial charge in [0.2, 0.25) is 5.95 Å². The first-order valence-corrected chi connectivity index (χ1v) is 7.57. The molecule has 1 aromatic carbocycles. The molecule has 118 valence electrons. The average Bonchev–Trinajstić information content (AvgIpc) is 3.12. The van der Waals surface area contributed by atoms with Crippen LogP contribution in [0.25, 0.3) is 11.1 Å². The fourth-order valence-electron chi connectivity index (χ4n) is 3.04.